The van der Waals surface area contributed by atoms with Gasteiger partial charge >= 0.3 is 5.97 Å². The molecule has 0 saturated carbocycles. The Hall–Kier alpha value is -2.67. The fraction of sp³-hybridized carbons (Fsp3) is 0.389. The first-order valence-corrected chi connectivity index (χ1v) is 8.30. The van der Waals surface area contributed by atoms with Crippen molar-refractivity contribution in [1.29, 1.82) is 0 Å². The van der Waals surface area contributed by atoms with Crippen molar-refractivity contribution in [3.8, 4) is 5.69 Å². The highest BCUT2D eigenvalue weighted by atomic mass is 16.5. The average molecular weight is 343 g/mol. The smallest absolute Gasteiger partial charge is 0.329 e. The number of nitrogens with one attached hydrogen (secondary N) is 1. The lowest BCUT2D eigenvalue weighted by Crippen LogP contribution is -2.57. The lowest BCUT2D eigenvalue weighted by Gasteiger charge is -2.33. The van der Waals surface area contributed by atoms with Crippen LogP contribution in [0.1, 0.15) is 24.8 Å². The molecule has 2 aromatic rings. The number of nitrogens with zero attached hydrogens (tertiary/aromatic N) is 2. The van der Waals surface area contributed by atoms with E-state index in [0.29, 0.717) is 32.5 Å². The first kappa shape index (κ1) is 17.2. The van der Waals surface area contributed by atoms with Crippen LogP contribution in [0, 0.1) is 0 Å². The number of aromatic nitrogens is 2. The molecule has 2 N–H and O–H groups in total. The summed E-state index contributed by atoms with van der Waals surface area (Å²) in [5.74, 6) is -1.27. The number of carbonyl (C=O) groups is 2. The molecule has 0 unspecified atom stereocenters. The number of aryl methyl sites for hydroxylation is 1. The van der Waals surface area contributed by atoms with Crippen LogP contribution < -0.4 is 5.32 Å². The van der Waals surface area contributed by atoms with Gasteiger partial charge in [0.15, 0.2) is 0 Å². The van der Waals surface area contributed by atoms with Crippen LogP contribution in [0.3, 0.4) is 0 Å². The monoisotopic (exact) mass is 343 g/mol. The predicted octanol–water partition coefficient (Wildman–Crippen LogP) is 1.55. The predicted molar refractivity (Wildman–Crippen MR) is 90.4 cm³/mol. The second-order valence-electron chi connectivity index (χ2n) is 6.18. The molecule has 1 saturated heterocycles. The summed E-state index contributed by atoms with van der Waals surface area (Å²) in [5, 5.41) is 16.5. The second kappa shape index (κ2) is 7.48. The minimum absolute atomic E-state index is 0.219. The number of benzene rings is 1. The molecule has 1 aromatic carbocycles. The van der Waals surface area contributed by atoms with Gasteiger partial charge < -0.3 is 15.2 Å². The van der Waals surface area contributed by atoms with Gasteiger partial charge in [0, 0.05) is 38.7 Å². The molecule has 25 heavy (non-hydrogen) atoms. The van der Waals surface area contributed by atoms with E-state index in [9.17, 15) is 14.7 Å². The van der Waals surface area contributed by atoms with Crippen molar-refractivity contribution in [3.05, 3.63) is 48.3 Å². The number of carboxylic acids is 1. The van der Waals surface area contributed by atoms with E-state index in [-0.39, 0.29) is 12.3 Å². The van der Waals surface area contributed by atoms with Crippen molar-refractivity contribution >= 4 is 11.9 Å². The molecule has 1 fully saturated rings. The van der Waals surface area contributed by atoms with E-state index in [0.717, 1.165) is 11.3 Å². The molecular formula is C18H21N3O4. The van der Waals surface area contributed by atoms with Crippen LogP contribution in [0.15, 0.2) is 42.7 Å². The average Bonchev–Trinajstić information content (AvgIpc) is 3.10. The third-order valence-corrected chi connectivity index (χ3v) is 4.43. The number of hydrogen-bond donors (Lipinski definition) is 2. The lowest BCUT2D eigenvalue weighted by atomic mass is 9.90. The van der Waals surface area contributed by atoms with Crippen LogP contribution >= 0.6 is 0 Å². The molecule has 2 heterocycles. The zero-order chi connectivity index (χ0) is 17.7. The highest BCUT2D eigenvalue weighted by molar-refractivity contribution is 5.87. The Bertz CT molecular complexity index is 736. The highest BCUT2D eigenvalue weighted by Gasteiger charge is 2.41. The van der Waals surface area contributed by atoms with Crippen molar-refractivity contribution in [2.45, 2.75) is 31.2 Å². The summed E-state index contributed by atoms with van der Waals surface area (Å²) < 4.78 is 6.96. The van der Waals surface area contributed by atoms with E-state index in [1.807, 2.05) is 36.5 Å². The van der Waals surface area contributed by atoms with Gasteiger partial charge in [-0.15, -0.1) is 0 Å². The van der Waals surface area contributed by atoms with Crippen molar-refractivity contribution in [3.63, 3.8) is 0 Å². The third kappa shape index (κ3) is 4.06. The summed E-state index contributed by atoms with van der Waals surface area (Å²) >= 11 is 0. The largest absolute Gasteiger partial charge is 0.480 e. The van der Waals surface area contributed by atoms with Crippen molar-refractivity contribution in [2.75, 3.05) is 13.2 Å². The quantitative estimate of drug-likeness (QED) is 0.830. The number of ether oxygens (including phenoxy) is 1. The fourth-order valence-electron chi connectivity index (χ4n) is 2.91. The first-order chi connectivity index (χ1) is 12.1. The number of carbonyl (C=O) groups excluding carboxylic acids is 1. The number of hydrogen-bond acceptors (Lipinski definition) is 4. The molecular weight excluding hydrogens is 322 g/mol. The van der Waals surface area contributed by atoms with Crippen LogP contribution in [0.2, 0.25) is 0 Å². The van der Waals surface area contributed by atoms with Gasteiger partial charge in [-0.05, 0) is 24.1 Å². The lowest BCUT2D eigenvalue weighted by molar-refractivity contribution is -0.152. The second-order valence-corrected chi connectivity index (χ2v) is 6.18. The van der Waals surface area contributed by atoms with Gasteiger partial charge in [-0.1, -0.05) is 18.2 Å². The Morgan fingerprint density at radius 3 is 2.64 bits per heavy atom. The summed E-state index contributed by atoms with van der Waals surface area (Å²) in [6, 6.07) is 9.70. The summed E-state index contributed by atoms with van der Waals surface area (Å²) in [4.78, 5) is 23.8. The number of rotatable bonds is 6. The van der Waals surface area contributed by atoms with Crippen molar-refractivity contribution in [1.82, 2.24) is 15.1 Å². The molecule has 0 aliphatic carbocycles. The number of amides is 1. The minimum Gasteiger partial charge on any atom is -0.480 e. The van der Waals surface area contributed by atoms with E-state index < -0.39 is 11.5 Å². The van der Waals surface area contributed by atoms with Crippen LogP contribution in [0.4, 0.5) is 0 Å². The van der Waals surface area contributed by atoms with E-state index in [2.05, 4.69) is 10.4 Å². The Kier molecular flexibility index (Phi) is 5.14. The Labute approximate surface area is 145 Å². The standard InChI is InChI=1S/C18H21N3O4/c22-16(20-18(17(23)24)8-10-25-11-9-18)7-6-14-12-19-21(13-14)15-4-2-1-3-5-15/h1-5,12-13H,6-11H2,(H,20,22)(H,23,24). The Morgan fingerprint density at radius 1 is 1.24 bits per heavy atom. The Balaban J connectivity index is 1.57. The van der Waals surface area contributed by atoms with Crippen LogP contribution in [0.25, 0.3) is 5.69 Å². The summed E-state index contributed by atoms with van der Waals surface area (Å²) in [7, 11) is 0. The highest BCUT2D eigenvalue weighted by Crippen LogP contribution is 2.21. The van der Waals surface area contributed by atoms with E-state index in [1.165, 1.54) is 0 Å². The molecule has 1 amide bonds. The Morgan fingerprint density at radius 2 is 1.96 bits per heavy atom. The summed E-state index contributed by atoms with van der Waals surface area (Å²) in [6.45, 7) is 0.687. The molecule has 132 valence electrons. The summed E-state index contributed by atoms with van der Waals surface area (Å²) in [6.07, 6.45) is 4.91. The molecule has 0 atom stereocenters. The van der Waals surface area contributed by atoms with Gasteiger partial charge in [-0.3, -0.25) is 4.79 Å². The van der Waals surface area contributed by atoms with E-state index in [1.54, 1.807) is 10.9 Å². The third-order valence-electron chi connectivity index (χ3n) is 4.43. The maximum absolute atomic E-state index is 12.2. The van der Waals surface area contributed by atoms with Gasteiger partial charge in [-0.25, -0.2) is 9.48 Å². The molecule has 1 aliphatic rings. The fourth-order valence-corrected chi connectivity index (χ4v) is 2.91. The molecule has 7 nitrogen and oxygen atoms in total. The number of aliphatic carboxylic acids is 1. The number of para-hydroxylation sites is 1. The molecule has 7 heteroatoms. The molecule has 1 aliphatic heterocycles. The zero-order valence-electron chi connectivity index (χ0n) is 13.9. The van der Waals surface area contributed by atoms with Gasteiger partial charge in [0.25, 0.3) is 0 Å². The van der Waals surface area contributed by atoms with Gasteiger partial charge in [0.05, 0.1) is 11.9 Å². The normalized spacial score (nSPS) is 16.3. The maximum atomic E-state index is 12.2. The van der Waals surface area contributed by atoms with Crippen LogP contribution in [-0.4, -0.2) is 45.5 Å². The van der Waals surface area contributed by atoms with Crippen molar-refractivity contribution in [2.24, 2.45) is 0 Å². The first-order valence-electron chi connectivity index (χ1n) is 8.30. The van der Waals surface area contributed by atoms with Crippen LogP contribution in [0.5, 0.6) is 0 Å². The van der Waals surface area contributed by atoms with Gasteiger partial charge in [0.1, 0.15) is 5.54 Å². The van der Waals surface area contributed by atoms with Crippen molar-refractivity contribution < 1.29 is 19.4 Å². The zero-order valence-corrected chi connectivity index (χ0v) is 13.9. The SMILES string of the molecule is O=C(CCc1cnn(-c2ccccc2)c1)NC1(C(=O)O)CCOCC1. The molecule has 0 spiro atoms. The van der Waals surface area contributed by atoms with E-state index >= 15 is 0 Å². The van der Waals surface area contributed by atoms with Crippen LogP contribution in [-0.2, 0) is 20.7 Å². The number of carboxylic acid groups (broad SMARTS) is 1. The molecule has 1 aromatic heterocycles. The van der Waals surface area contributed by atoms with E-state index in [4.69, 9.17) is 4.74 Å². The van der Waals surface area contributed by atoms with Gasteiger partial charge in [-0.2, -0.15) is 5.10 Å². The topological polar surface area (TPSA) is 93.5 Å². The van der Waals surface area contributed by atoms with Gasteiger partial charge in [0.2, 0.25) is 5.91 Å². The minimum atomic E-state index is -1.20. The molecule has 0 bridgehead atoms. The molecule has 0 radical (unpaired) electrons. The maximum Gasteiger partial charge on any atom is 0.329 e. The summed E-state index contributed by atoms with van der Waals surface area (Å²) in [5.41, 5.74) is 0.671. The molecule has 3 rings (SSSR count).